The summed E-state index contributed by atoms with van der Waals surface area (Å²) in [7, 11) is 0. The standard InChI is InChI=1S/C13H12N2OS/c1-8-4-3-7-14-11(8)13-15-9-5-2-6-10(16)12(9)17-13/h3-4,7H,2,5-6H2,1H3. The molecule has 0 N–H and O–H groups in total. The van der Waals surface area contributed by atoms with Crippen molar-refractivity contribution in [3.63, 3.8) is 0 Å². The quantitative estimate of drug-likeness (QED) is 0.774. The monoisotopic (exact) mass is 244 g/mol. The predicted molar refractivity (Wildman–Crippen MR) is 67.4 cm³/mol. The number of thiazole rings is 1. The Morgan fingerprint density at radius 1 is 1.35 bits per heavy atom. The summed E-state index contributed by atoms with van der Waals surface area (Å²) in [5.74, 6) is 0.239. The van der Waals surface area contributed by atoms with Crippen LogP contribution in [0.3, 0.4) is 0 Å². The average molecular weight is 244 g/mol. The van der Waals surface area contributed by atoms with Crippen LogP contribution in [0.2, 0.25) is 0 Å². The number of nitrogens with zero attached hydrogens (tertiary/aromatic N) is 2. The number of hydrogen-bond donors (Lipinski definition) is 0. The van der Waals surface area contributed by atoms with E-state index >= 15 is 0 Å². The summed E-state index contributed by atoms with van der Waals surface area (Å²) in [5, 5.41) is 0.878. The van der Waals surface area contributed by atoms with Crippen molar-refractivity contribution in [3.8, 4) is 10.7 Å². The van der Waals surface area contributed by atoms with Gasteiger partial charge in [-0.25, -0.2) is 4.98 Å². The van der Waals surface area contributed by atoms with E-state index in [1.807, 2.05) is 19.1 Å². The van der Waals surface area contributed by atoms with Crippen LogP contribution in [-0.2, 0) is 6.42 Å². The Labute approximate surface area is 104 Å². The number of hydrogen-bond acceptors (Lipinski definition) is 4. The molecule has 0 bridgehead atoms. The van der Waals surface area contributed by atoms with Crippen LogP contribution in [0.4, 0.5) is 0 Å². The molecule has 1 aliphatic carbocycles. The van der Waals surface area contributed by atoms with Gasteiger partial charge in [0.25, 0.3) is 0 Å². The molecule has 1 aliphatic rings. The molecule has 0 saturated heterocycles. The number of aromatic nitrogens is 2. The van der Waals surface area contributed by atoms with Gasteiger partial charge in [0.15, 0.2) is 5.78 Å². The van der Waals surface area contributed by atoms with Crippen LogP contribution in [0.15, 0.2) is 18.3 Å². The van der Waals surface area contributed by atoms with Crippen LogP contribution in [0.25, 0.3) is 10.7 Å². The fourth-order valence-corrected chi connectivity index (χ4v) is 3.22. The number of pyridine rings is 1. The van der Waals surface area contributed by atoms with Crippen molar-refractivity contribution in [2.45, 2.75) is 26.2 Å². The first-order valence-corrected chi connectivity index (χ1v) is 6.52. The summed E-state index contributed by atoms with van der Waals surface area (Å²) in [6, 6.07) is 3.93. The van der Waals surface area contributed by atoms with Crippen LogP contribution in [0.5, 0.6) is 0 Å². The highest BCUT2D eigenvalue weighted by Gasteiger charge is 2.23. The van der Waals surface area contributed by atoms with Gasteiger partial charge in [-0.05, 0) is 31.4 Å². The maximum absolute atomic E-state index is 11.8. The Balaban J connectivity index is 2.11. The van der Waals surface area contributed by atoms with E-state index in [4.69, 9.17) is 0 Å². The zero-order valence-corrected chi connectivity index (χ0v) is 10.4. The van der Waals surface area contributed by atoms with Crippen LogP contribution >= 0.6 is 11.3 Å². The van der Waals surface area contributed by atoms with Gasteiger partial charge in [0.2, 0.25) is 0 Å². The number of fused-ring (bicyclic) bond motifs is 1. The number of carbonyl (C=O) groups is 1. The van der Waals surface area contributed by atoms with Crippen molar-refractivity contribution in [2.24, 2.45) is 0 Å². The number of Topliss-reactive ketones (excluding diaryl/α,β-unsaturated/α-hetero) is 1. The minimum atomic E-state index is 0.239. The van der Waals surface area contributed by atoms with Crippen molar-refractivity contribution in [3.05, 3.63) is 34.5 Å². The lowest BCUT2D eigenvalue weighted by atomic mass is 10.0. The summed E-state index contributed by atoms with van der Waals surface area (Å²) in [6.45, 7) is 2.02. The molecule has 3 rings (SSSR count). The van der Waals surface area contributed by atoms with Crippen LogP contribution in [0, 0.1) is 6.92 Å². The van der Waals surface area contributed by atoms with E-state index in [2.05, 4.69) is 9.97 Å². The van der Waals surface area contributed by atoms with Gasteiger partial charge in [-0.2, -0.15) is 0 Å². The summed E-state index contributed by atoms with van der Waals surface area (Å²) < 4.78 is 0. The first-order valence-electron chi connectivity index (χ1n) is 5.70. The van der Waals surface area contributed by atoms with Gasteiger partial charge in [0.05, 0.1) is 10.6 Å². The number of carbonyl (C=O) groups excluding carboxylic acids is 1. The second kappa shape index (κ2) is 4.04. The molecule has 0 radical (unpaired) electrons. The summed E-state index contributed by atoms with van der Waals surface area (Å²) >= 11 is 1.49. The van der Waals surface area contributed by atoms with Gasteiger partial charge in [0, 0.05) is 12.6 Å². The molecule has 2 heterocycles. The SMILES string of the molecule is Cc1cccnc1-c1nc2c(s1)C(=O)CCC2. The minimum Gasteiger partial charge on any atom is -0.293 e. The molecule has 0 unspecified atom stereocenters. The Bertz CT molecular complexity index is 589. The highest BCUT2D eigenvalue weighted by atomic mass is 32.1. The maximum atomic E-state index is 11.8. The molecular formula is C13H12N2OS. The third-order valence-corrected chi connectivity index (χ3v) is 4.13. The lowest BCUT2D eigenvalue weighted by Crippen LogP contribution is -2.07. The molecule has 0 spiro atoms. The summed E-state index contributed by atoms with van der Waals surface area (Å²) in [6.07, 6.45) is 4.28. The molecule has 0 amide bonds. The van der Waals surface area contributed by atoms with E-state index in [1.54, 1.807) is 6.20 Å². The zero-order valence-electron chi connectivity index (χ0n) is 9.56. The Kier molecular flexibility index (Phi) is 2.52. The van der Waals surface area contributed by atoms with Crippen molar-refractivity contribution in [2.75, 3.05) is 0 Å². The Morgan fingerprint density at radius 3 is 3.00 bits per heavy atom. The normalized spacial score (nSPS) is 14.8. The van der Waals surface area contributed by atoms with Gasteiger partial charge >= 0.3 is 0 Å². The van der Waals surface area contributed by atoms with Gasteiger partial charge in [-0.15, -0.1) is 11.3 Å². The minimum absolute atomic E-state index is 0.239. The highest BCUT2D eigenvalue weighted by molar-refractivity contribution is 7.17. The molecule has 86 valence electrons. The van der Waals surface area contributed by atoms with Gasteiger partial charge < -0.3 is 0 Å². The fourth-order valence-electron chi connectivity index (χ4n) is 2.08. The van der Waals surface area contributed by atoms with Gasteiger partial charge in [0.1, 0.15) is 10.7 Å². The first-order chi connectivity index (χ1) is 8.25. The summed E-state index contributed by atoms with van der Waals surface area (Å²) in [4.78, 5) is 21.5. The van der Waals surface area contributed by atoms with E-state index in [-0.39, 0.29) is 5.78 Å². The molecule has 0 saturated carbocycles. The molecule has 0 aliphatic heterocycles. The molecule has 17 heavy (non-hydrogen) atoms. The van der Waals surface area contributed by atoms with Crippen LogP contribution in [-0.4, -0.2) is 15.8 Å². The van der Waals surface area contributed by atoms with Crippen molar-refractivity contribution < 1.29 is 4.79 Å². The van der Waals surface area contributed by atoms with E-state index in [9.17, 15) is 4.79 Å². The zero-order chi connectivity index (χ0) is 11.8. The van der Waals surface area contributed by atoms with Crippen molar-refractivity contribution >= 4 is 17.1 Å². The lowest BCUT2D eigenvalue weighted by Gasteiger charge is -2.06. The maximum Gasteiger partial charge on any atom is 0.174 e. The summed E-state index contributed by atoms with van der Waals surface area (Å²) in [5.41, 5.74) is 2.97. The molecule has 0 aromatic carbocycles. The number of rotatable bonds is 1. The second-order valence-corrected chi connectivity index (χ2v) is 5.24. The molecule has 4 heteroatoms. The fraction of sp³-hybridized carbons (Fsp3) is 0.308. The molecule has 0 fully saturated rings. The van der Waals surface area contributed by atoms with E-state index in [1.165, 1.54) is 11.3 Å². The smallest absolute Gasteiger partial charge is 0.174 e. The molecule has 3 nitrogen and oxygen atoms in total. The van der Waals surface area contributed by atoms with E-state index in [0.717, 1.165) is 39.7 Å². The largest absolute Gasteiger partial charge is 0.293 e. The van der Waals surface area contributed by atoms with Gasteiger partial charge in [-0.1, -0.05) is 6.07 Å². The van der Waals surface area contributed by atoms with E-state index < -0.39 is 0 Å². The average Bonchev–Trinajstić information content (AvgIpc) is 2.75. The van der Waals surface area contributed by atoms with Crippen molar-refractivity contribution in [1.29, 1.82) is 0 Å². The predicted octanol–water partition coefficient (Wildman–Crippen LogP) is 3.03. The number of aryl methyl sites for hydroxylation is 2. The number of ketones is 1. The second-order valence-electron chi connectivity index (χ2n) is 4.24. The van der Waals surface area contributed by atoms with Crippen LogP contribution in [0.1, 0.15) is 33.8 Å². The Morgan fingerprint density at radius 2 is 2.24 bits per heavy atom. The molecule has 2 aromatic heterocycles. The van der Waals surface area contributed by atoms with Gasteiger partial charge in [-0.3, -0.25) is 9.78 Å². The molecule has 2 aromatic rings. The van der Waals surface area contributed by atoms with Crippen molar-refractivity contribution in [1.82, 2.24) is 9.97 Å². The third-order valence-electron chi connectivity index (χ3n) is 2.98. The van der Waals surface area contributed by atoms with E-state index in [0.29, 0.717) is 6.42 Å². The lowest BCUT2D eigenvalue weighted by molar-refractivity contribution is 0.0976. The highest BCUT2D eigenvalue weighted by Crippen LogP contribution is 2.32. The van der Waals surface area contributed by atoms with Crippen LogP contribution < -0.4 is 0 Å². The first kappa shape index (κ1) is 10.6. The topological polar surface area (TPSA) is 42.9 Å². The third kappa shape index (κ3) is 1.78. The molecule has 0 atom stereocenters. The molecular weight excluding hydrogens is 232 g/mol. The Hall–Kier alpha value is -1.55.